The molecule has 0 bridgehead atoms. The lowest BCUT2D eigenvalue weighted by Crippen LogP contribution is -2.39. The van der Waals surface area contributed by atoms with Crippen LogP contribution < -0.4 is 9.47 Å². The van der Waals surface area contributed by atoms with Crippen molar-refractivity contribution in [2.75, 3.05) is 0 Å². The summed E-state index contributed by atoms with van der Waals surface area (Å²) in [5.41, 5.74) is 9.54. The van der Waals surface area contributed by atoms with E-state index in [0.29, 0.717) is 17.9 Å². The first-order valence-electron chi connectivity index (χ1n) is 21.0. The van der Waals surface area contributed by atoms with Crippen LogP contribution in [-0.2, 0) is 22.4 Å². The van der Waals surface area contributed by atoms with Crippen molar-refractivity contribution in [3.63, 3.8) is 0 Å². The number of benzene rings is 5. The zero-order valence-electron chi connectivity index (χ0n) is 38.4. The first-order chi connectivity index (χ1) is 28.9. The van der Waals surface area contributed by atoms with Crippen molar-refractivity contribution >= 4 is 28.8 Å². The van der Waals surface area contributed by atoms with Gasteiger partial charge in [-0.3, -0.25) is 9.59 Å². The molecule has 0 N–H and O–H groups in total. The van der Waals surface area contributed by atoms with Gasteiger partial charge in [-0.2, -0.15) is 0 Å². The predicted octanol–water partition coefficient (Wildman–Crippen LogP) is 15.1. The number of rotatable bonds is 16. The van der Waals surface area contributed by atoms with Crippen LogP contribution in [0.2, 0.25) is 0 Å². The number of ketones is 2. The number of aryl methyl sites for hydroxylation is 3. The highest BCUT2D eigenvalue weighted by atomic mass is 16.5. The molecule has 0 aromatic heterocycles. The fraction of sp³-hybridized carbons (Fsp3) is 0.263. The normalized spacial score (nSPS) is 10.7. The Morgan fingerprint density at radius 1 is 0.639 bits per heavy atom. The summed E-state index contributed by atoms with van der Waals surface area (Å²) in [5, 5.41) is 0. The summed E-state index contributed by atoms with van der Waals surface area (Å²) in [4.78, 5) is 24.5. The van der Waals surface area contributed by atoms with Crippen molar-refractivity contribution in [1.82, 2.24) is 0 Å². The van der Waals surface area contributed by atoms with Gasteiger partial charge in [0, 0.05) is 7.85 Å². The van der Waals surface area contributed by atoms with Crippen molar-refractivity contribution in [3.8, 4) is 11.5 Å². The molecule has 0 aliphatic heterocycles. The molecule has 4 heteroatoms. The van der Waals surface area contributed by atoms with Crippen LogP contribution in [0, 0.1) is 13.8 Å². The third-order valence-corrected chi connectivity index (χ3v) is 9.50. The Morgan fingerprint density at radius 3 is 1.64 bits per heavy atom. The fourth-order valence-corrected chi connectivity index (χ4v) is 5.81. The van der Waals surface area contributed by atoms with Crippen LogP contribution in [0.25, 0.3) is 17.2 Å². The molecule has 0 saturated carbocycles. The molecule has 0 amide bonds. The van der Waals surface area contributed by atoms with Crippen LogP contribution >= 0.6 is 0 Å². The molecule has 0 unspecified atom stereocenters. The van der Waals surface area contributed by atoms with E-state index in [2.05, 4.69) is 82.6 Å². The summed E-state index contributed by atoms with van der Waals surface area (Å²) in [6, 6.07) is 41.9. The molecule has 61 heavy (non-hydrogen) atoms. The molecule has 5 rings (SSSR count). The second-order valence-electron chi connectivity index (χ2n) is 15.9. The van der Waals surface area contributed by atoms with E-state index in [0.717, 1.165) is 40.7 Å². The highest BCUT2D eigenvalue weighted by Gasteiger charge is 2.30. The number of carbonyl (C=O) groups excluding carboxylic acids is 2. The van der Waals surface area contributed by atoms with E-state index < -0.39 is 11.2 Å². The molecular formula is C57H70O4. The van der Waals surface area contributed by atoms with E-state index in [9.17, 15) is 9.59 Å². The average molecular weight is 819 g/mol. The van der Waals surface area contributed by atoms with Crippen LogP contribution in [0.1, 0.15) is 102 Å². The molecule has 0 aliphatic rings. The van der Waals surface area contributed by atoms with Crippen molar-refractivity contribution in [2.45, 2.75) is 99.7 Å². The van der Waals surface area contributed by atoms with Gasteiger partial charge in [0.05, 0.1) is 0 Å². The Kier molecular flexibility index (Phi) is 21.2. The quantitative estimate of drug-likeness (QED) is 0.0565. The maximum absolute atomic E-state index is 12.7. The van der Waals surface area contributed by atoms with Crippen LogP contribution in [0.4, 0.5) is 0 Å². The molecule has 0 spiro atoms. The van der Waals surface area contributed by atoms with Crippen molar-refractivity contribution < 1.29 is 20.5 Å². The van der Waals surface area contributed by atoms with Crippen LogP contribution in [0.3, 0.4) is 0 Å². The van der Waals surface area contributed by atoms with Gasteiger partial charge in [-0.15, -0.1) is 6.58 Å². The Labute approximate surface area is 369 Å². The fourth-order valence-electron chi connectivity index (χ4n) is 5.81. The van der Waals surface area contributed by atoms with Gasteiger partial charge in [0.1, 0.15) is 11.5 Å². The molecule has 0 atom stereocenters. The maximum Gasteiger partial charge on any atom is 0.198 e. The number of ether oxygens (including phenoxy) is 2. The molecule has 5 aromatic rings. The maximum atomic E-state index is 12.7. The molecule has 0 radical (unpaired) electrons. The van der Waals surface area contributed by atoms with Crippen molar-refractivity contribution in [3.05, 3.63) is 210 Å². The van der Waals surface area contributed by atoms with E-state index in [1.807, 2.05) is 139 Å². The van der Waals surface area contributed by atoms with E-state index in [1.165, 1.54) is 33.9 Å². The van der Waals surface area contributed by atoms with Crippen molar-refractivity contribution in [2.24, 2.45) is 0 Å². The summed E-state index contributed by atoms with van der Waals surface area (Å²) in [6.45, 7) is 34.7. The lowest BCUT2D eigenvalue weighted by molar-refractivity contribution is -0.131. The third kappa shape index (κ3) is 17.9. The minimum atomic E-state index is -0.912. The summed E-state index contributed by atoms with van der Waals surface area (Å²) in [5.74, 6) is 1.24. The molecule has 322 valence electrons. The number of carbonyl (C=O) groups is 2. The molecule has 0 fully saturated rings. The van der Waals surface area contributed by atoms with Crippen LogP contribution in [0.15, 0.2) is 171 Å². The van der Waals surface area contributed by atoms with Gasteiger partial charge in [0.2, 0.25) is 0 Å². The zero-order chi connectivity index (χ0) is 45.6. The van der Waals surface area contributed by atoms with Crippen LogP contribution in [0.5, 0.6) is 11.5 Å². The second-order valence-corrected chi connectivity index (χ2v) is 15.9. The van der Waals surface area contributed by atoms with Crippen molar-refractivity contribution in [1.29, 1.82) is 0 Å². The molecule has 5 aromatic carbocycles. The van der Waals surface area contributed by atoms with Gasteiger partial charge in [-0.05, 0) is 149 Å². The first-order valence-corrected chi connectivity index (χ1v) is 21.0. The molecular weight excluding hydrogens is 749 g/mol. The minimum absolute atomic E-state index is 0. The van der Waals surface area contributed by atoms with Gasteiger partial charge in [0.15, 0.2) is 22.8 Å². The first kappa shape index (κ1) is 50.9. The van der Waals surface area contributed by atoms with E-state index >= 15 is 0 Å². The monoisotopic (exact) mass is 819 g/mol. The zero-order valence-corrected chi connectivity index (χ0v) is 38.4. The summed E-state index contributed by atoms with van der Waals surface area (Å²) in [6.07, 6.45) is 7.63. The van der Waals surface area contributed by atoms with Gasteiger partial charge < -0.3 is 9.47 Å². The average Bonchev–Trinajstić information content (AvgIpc) is 3.24. The molecule has 0 saturated heterocycles. The standard InChI is InChI=1S/C28H28O2.C23H26O2.C4H8.C2H6.H2/c1-21-10-8-9-13-24(21)15-14-22(2)25-16-18-26(19-17-25)30-28(3,4)27(29)20-23-11-6-5-7-12-23;1-6-22(24)23(4,5)25-21-15-13-20(14-16-21)18(3)11-12-19-10-8-7-9-17(19)2;1-4(2)3;1-2;/h5-19H,2,20H2,1,3-4H3;6-10,13-16H,1,3,11-12H2,2,4-5H3;1H2,2-3H3;1-2H3;1H/b15-14-;;;;. The Bertz CT molecular complexity index is 2220. The van der Waals surface area contributed by atoms with Crippen LogP contribution in [-0.4, -0.2) is 22.8 Å². The Balaban J connectivity index is 0.000000549. The molecule has 0 heterocycles. The topological polar surface area (TPSA) is 52.6 Å². The van der Waals surface area contributed by atoms with Gasteiger partial charge in [-0.1, -0.05) is 154 Å². The lowest BCUT2D eigenvalue weighted by atomic mass is 9.96. The third-order valence-electron chi connectivity index (χ3n) is 9.50. The number of hydrogen-bond donors (Lipinski definition) is 0. The largest absolute Gasteiger partial charge is 0.480 e. The summed E-state index contributed by atoms with van der Waals surface area (Å²) in [7, 11) is 0. The molecule has 0 aliphatic carbocycles. The van der Waals surface area contributed by atoms with Gasteiger partial charge >= 0.3 is 0 Å². The minimum Gasteiger partial charge on any atom is -0.480 e. The smallest absolute Gasteiger partial charge is 0.198 e. The highest BCUT2D eigenvalue weighted by molar-refractivity contribution is 5.96. The van der Waals surface area contributed by atoms with E-state index in [1.54, 1.807) is 13.8 Å². The Morgan fingerprint density at radius 2 is 1.11 bits per heavy atom. The second kappa shape index (κ2) is 25.4. The van der Waals surface area contributed by atoms with Gasteiger partial charge in [-0.25, -0.2) is 0 Å². The molecule has 4 nitrogen and oxygen atoms in total. The SMILES string of the molecule is C=C(/C=C\c1ccccc1C)c1ccc(OC(C)(C)C(=O)Cc2ccccc2)cc1.C=C(C)C.C=CC(=O)C(C)(C)Oc1ccc(C(=C)CCc2ccccc2C)cc1.CC.[HH]. The summed E-state index contributed by atoms with van der Waals surface area (Å²) >= 11 is 0. The van der Waals surface area contributed by atoms with E-state index in [4.69, 9.17) is 9.47 Å². The number of hydrogen-bond acceptors (Lipinski definition) is 4. The van der Waals surface area contributed by atoms with Gasteiger partial charge in [0.25, 0.3) is 0 Å². The summed E-state index contributed by atoms with van der Waals surface area (Å²) < 4.78 is 11.8. The highest BCUT2D eigenvalue weighted by Crippen LogP contribution is 2.26. The number of allylic oxidation sites excluding steroid dienone is 4. The lowest BCUT2D eigenvalue weighted by Gasteiger charge is -2.25. The predicted molar refractivity (Wildman–Crippen MR) is 264 cm³/mol. The number of Topliss-reactive ketones (excluding diaryl/α,β-unsaturated/α-hetero) is 1. The Hall–Kier alpha value is -6.26. The van der Waals surface area contributed by atoms with E-state index in [-0.39, 0.29) is 13.0 Å².